The van der Waals surface area contributed by atoms with Gasteiger partial charge in [-0.15, -0.1) is 0 Å². The fourth-order valence-corrected chi connectivity index (χ4v) is 7.47. The molecule has 6 rings (SSSR count). The summed E-state index contributed by atoms with van der Waals surface area (Å²) in [7, 11) is 1.61. The van der Waals surface area contributed by atoms with Crippen molar-refractivity contribution >= 4 is 29.4 Å². The molecular formula is C21H30N4O3S. The van der Waals surface area contributed by atoms with E-state index in [9.17, 15) is 9.59 Å². The summed E-state index contributed by atoms with van der Waals surface area (Å²) in [5.41, 5.74) is 1.89. The molecule has 0 aromatic carbocycles. The van der Waals surface area contributed by atoms with Gasteiger partial charge < -0.3 is 15.4 Å². The van der Waals surface area contributed by atoms with Crippen LogP contribution in [0.5, 0.6) is 0 Å². The van der Waals surface area contributed by atoms with Gasteiger partial charge in [0, 0.05) is 30.7 Å². The highest BCUT2D eigenvalue weighted by Crippen LogP contribution is 2.60. The van der Waals surface area contributed by atoms with Gasteiger partial charge >= 0.3 is 0 Å². The van der Waals surface area contributed by atoms with Crippen molar-refractivity contribution in [2.75, 3.05) is 25.6 Å². The number of fused-ring (bicyclic) bond motifs is 1. The van der Waals surface area contributed by atoms with Crippen LogP contribution in [0.25, 0.3) is 0 Å². The van der Waals surface area contributed by atoms with Gasteiger partial charge in [0.15, 0.2) is 0 Å². The molecule has 8 heteroatoms. The molecule has 4 aliphatic carbocycles. The molecule has 29 heavy (non-hydrogen) atoms. The summed E-state index contributed by atoms with van der Waals surface area (Å²) in [5.74, 6) is 4.66. The molecule has 4 saturated carbocycles. The van der Waals surface area contributed by atoms with Gasteiger partial charge in [0.1, 0.15) is 12.4 Å². The molecule has 2 N–H and O–H groups in total. The summed E-state index contributed by atoms with van der Waals surface area (Å²) in [6, 6.07) is 0. The lowest BCUT2D eigenvalue weighted by atomic mass is 9.49. The first-order chi connectivity index (χ1) is 14.1. The van der Waals surface area contributed by atoms with E-state index in [4.69, 9.17) is 4.74 Å². The third-order valence-corrected chi connectivity index (χ3v) is 8.26. The van der Waals surface area contributed by atoms with Crippen LogP contribution in [0.4, 0.5) is 5.82 Å². The Bertz CT molecular complexity index is 786. The number of thioether (sulfide) groups is 1. The molecule has 0 atom stereocenters. The Hall–Kier alpha value is -1.54. The van der Waals surface area contributed by atoms with E-state index in [0.717, 1.165) is 65.6 Å². The summed E-state index contributed by atoms with van der Waals surface area (Å²) >= 11 is 1.81. The molecule has 2 amide bonds. The van der Waals surface area contributed by atoms with E-state index in [1.807, 2.05) is 11.8 Å². The average Bonchev–Trinajstić information content (AvgIpc) is 3.23. The first-order valence-electron chi connectivity index (χ1n) is 10.8. The number of ether oxygens (including phenoxy) is 1. The lowest BCUT2D eigenvalue weighted by molar-refractivity contribution is -0.140. The van der Waals surface area contributed by atoms with Gasteiger partial charge in [0.25, 0.3) is 0 Å². The molecule has 0 radical (unpaired) electrons. The zero-order valence-electron chi connectivity index (χ0n) is 17.0. The zero-order chi connectivity index (χ0) is 20.0. The van der Waals surface area contributed by atoms with Gasteiger partial charge in [-0.05, 0) is 56.3 Å². The van der Waals surface area contributed by atoms with Crippen LogP contribution in [0.3, 0.4) is 0 Å². The molecular weight excluding hydrogens is 388 g/mol. The van der Waals surface area contributed by atoms with Crippen LogP contribution < -0.4 is 10.6 Å². The highest BCUT2D eigenvalue weighted by Gasteiger charge is 2.54. The average molecular weight is 419 g/mol. The highest BCUT2D eigenvalue weighted by molar-refractivity contribution is 7.98. The van der Waals surface area contributed by atoms with Gasteiger partial charge in [-0.3, -0.25) is 9.59 Å². The SMILES string of the molecule is COCCNC(=O)Cn1nc2c(c1NC(=O)C13CC4CC(CC(C4)C1)C3)CSC2. The molecule has 4 bridgehead atoms. The van der Waals surface area contributed by atoms with Crippen molar-refractivity contribution < 1.29 is 14.3 Å². The summed E-state index contributed by atoms with van der Waals surface area (Å²) < 4.78 is 6.69. The van der Waals surface area contributed by atoms with E-state index < -0.39 is 0 Å². The van der Waals surface area contributed by atoms with Gasteiger partial charge in [0.05, 0.1) is 17.7 Å². The lowest BCUT2D eigenvalue weighted by Crippen LogP contribution is -2.52. The topological polar surface area (TPSA) is 85.2 Å². The van der Waals surface area contributed by atoms with E-state index in [-0.39, 0.29) is 23.8 Å². The van der Waals surface area contributed by atoms with E-state index in [2.05, 4.69) is 15.7 Å². The normalized spacial score (nSPS) is 31.7. The third-order valence-electron chi connectivity index (χ3n) is 7.29. The minimum absolute atomic E-state index is 0.110. The number of anilines is 1. The van der Waals surface area contributed by atoms with Gasteiger partial charge in [-0.25, -0.2) is 4.68 Å². The first-order valence-corrected chi connectivity index (χ1v) is 11.9. The second-order valence-electron chi connectivity index (χ2n) is 9.42. The minimum Gasteiger partial charge on any atom is -0.383 e. The van der Waals surface area contributed by atoms with Gasteiger partial charge in [0.2, 0.25) is 11.8 Å². The summed E-state index contributed by atoms with van der Waals surface area (Å²) in [6.45, 7) is 1.08. The molecule has 1 aromatic heterocycles. The highest BCUT2D eigenvalue weighted by atomic mass is 32.2. The monoisotopic (exact) mass is 418 g/mol. The van der Waals surface area contributed by atoms with E-state index in [1.165, 1.54) is 19.3 Å². The Morgan fingerprint density at radius 1 is 1.17 bits per heavy atom. The fraction of sp³-hybridized carbons (Fsp3) is 0.762. The van der Waals surface area contributed by atoms with Crippen molar-refractivity contribution in [2.24, 2.45) is 23.2 Å². The number of methoxy groups -OCH3 is 1. The second kappa shape index (κ2) is 7.61. The van der Waals surface area contributed by atoms with Crippen LogP contribution in [-0.4, -0.2) is 41.9 Å². The Morgan fingerprint density at radius 2 is 1.86 bits per heavy atom. The predicted octanol–water partition coefficient (Wildman–Crippen LogP) is 2.55. The van der Waals surface area contributed by atoms with Crippen LogP contribution in [0.15, 0.2) is 0 Å². The van der Waals surface area contributed by atoms with Crippen LogP contribution >= 0.6 is 11.8 Å². The van der Waals surface area contributed by atoms with Crippen molar-refractivity contribution in [1.29, 1.82) is 0 Å². The number of nitrogens with zero attached hydrogens (tertiary/aromatic N) is 2. The minimum atomic E-state index is -0.205. The maximum Gasteiger partial charge on any atom is 0.241 e. The molecule has 0 spiro atoms. The summed E-state index contributed by atoms with van der Waals surface area (Å²) in [4.78, 5) is 25.9. The Balaban J connectivity index is 1.34. The van der Waals surface area contributed by atoms with E-state index in [0.29, 0.717) is 13.2 Å². The standard InChI is InChI=1S/C21H30N4O3S/c1-28-3-2-22-18(26)10-25-19(16-11-29-12-17(16)24-25)23-20(27)21-7-13-4-14(8-21)6-15(5-13)9-21/h13-15H,2-12H2,1H3,(H,22,26)(H,23,27). The molecule has 4 fully saturated rings. The van der Waals surface area contributed by atoms with Crippen LogP contribution in [0, 0.1) is 23.2 Å². The van der Waals surface area contributed by atoms with Crippen molar-refractivity contribution in [3.8, 4) is 0 Å². The third kappa shape index (κ3) is 3.58. The smallest absolute Gasteiger partial charge is 0.241 e. The molecule has 7 nitrogen and oxygen atoms in total. The fourth-order valence-electron chi connectivity index (χ4n) is 6.43. The number of hydrogen-bond donors (Lipinski definition) is 2. The number of aromatic nitrogens is 2. The number of rotatable bonds is 7. The Kier molecular flexibility index (Phi) is 5.10. The van der Waals surface area contributed by atoms with E-state index in [1.54, 1.807) is 11.8 Å². The molecule has 158 valence electrons. The van der Waals surface area contributed by atoms with Crippen molar-refractivity contribution in [2.45, 2.75) is 56.6 Å². The number of hydrogen-bond acceptors (Lipinski definition) is 5. The maximum atomic E-state index is 13.5. The van der Waals surface area contributed by atoms with Crippen LogP contribution in [0.1, 0.15) is 49.8 Å². The first kappa shape index (κ1) is 19.4. The van der Waals surface area contributed by atoms with Crippen molar-refractivity contribution in [3.63, 3.8) is 0 Å². The predicted molar refractivity (Wildman–Crippen MR) is 111 cm³/mol. The van der Waals surface area contributed by atoms with Gasteiger partial charge in [-0.2, -0.15) is 16.9 Å². The number of nitrogens with one attached hydrogen (secondary N) is 2. The Morgan fingerprint density at radius 3 is 2.52 bits per heavy atom. The lowest BCUT2D eigenvalue weighted by Gasteiger charge is -2.55. The second-order valence-corrected chi connectivity index (χ2v) is 10.4. The van der Waals surface area contributed by atoms with Crippen molar-refractivity contribution in [1.82, 2.24) is 15.1 Å². The largest absolute Gasteiger partial charge is 0.383 e. The van der Waals surface area contributed by atoms with Crippen molar-refractivity contribution in [3.05, 3.63) is 11.3 Å². The molecule has 2 heterocycles. The summed E-state index contributed by atoms with van der Waals surface area (Å²) in [5, 5.41) is 10.8. The van der Waals surface area contributed by atoms with Crippen LogP contribution in [-0.2, 0) is 32.4 Å². The maximum absolute atomic E-state index is 13.5. The Labute approximate surface area is 175 Å². The zero-order valence-corrected chi connectivity index (χ0v) is 17.9. The van der Waals surface area contributed by atoms with Crippen LogP contribution in [0.2, 0.25) is 0 Å². The number of carbonyl (C=O) groups is 2. The molecule has 1 aliphatic heterocycles. The molecule has 5 aliphatic rings. The molecule has 0 saturated heterocycles. The quantitative estimate of drug-likeness (QED) is 0.665. The van der Waals surface area contributed by atoms with E-state index >= 15 is 0 Å². The number of amides is 2. The van der Waals surface area contributed by atoms with Gasteiger partial charge in [-0.1, -0.05) is 0 Å². The number of carbonyl (C=O) groups excluding carboxylic acids is 2. The summed E-state index contributed by atoms with van der Waals surface area (Å²) in [6.07, 6.45) is 7.06. The molecule has 0 unspecified atom stereocenters. The molecule has 1 aromatic rings.